The molecule has 3 aromatic rings. The summed E-state index contributed by atoms with van der Waals surface area (Å²) < 4.78 is 21.7. The van der Waals surface area contributed by atoms with Crippen molar-refractivity contribution in [3.05, 3.63) is 59.8 Å². The second kappa shape index (κ2) is 12.9. The van der Waals surface area contributed by atoms with Crippen LogP contribution in [0.25, 0.3) is 21.9 Å². The van der Waals surface area contributed by atoms with Crippen LogP contribution >= 0.6 is 0 Å². The normalized spacial score (nSPS) is 10.5. The third-order valence-electron chi connectivity index (χ3n) is 4.86. The summed E-state index contributed by atoms with van der Waals surface area (Å²) in [4.78, 5) is 44.3. The van der Waals surface area contributed by atoms with E-state index in [1.165, 1.54) is 10.7 Å². The molecule has 0 fully saturated rings. The Balaban J connectivity index is 1.56. The minimum absolute atomic E-state index is 0.0250. The van der Waals surface area contributed by atoms with Crippen LogP contribution in [0.15, 0.2) is 42.8 Å². The van der Waals surface area contributed by atoms with Gasteiger partial charge in [-0.15, -0.1) is 0 Å². The first kappa shape index (κ1) is 27.0. The SMILES string of the molecule is [C-]#[N+]c1cn2[nH]c(-c3cccc(NC(=O)CCC(=O)OCCOCOC(=C)C)c3)nc2c1C(=O)OCC. The molecule has 1 aromatic carbocycles. The number of benzene rings is 1. The van der Waals surface area contributed by atoms with E-state index in [0.717, 1.165) is 0 Å². The summed E-state index contributed by atoms with van der Waals surface area (Å²) in [5, 5.41) is 5.76. The number of hydrogen-bond acceptors (Lipinski definition) is 8. The summed E-state index contributed by atoms with van der Waals surface area (Å²) in [6, 6.07) is 6.89. The number of ether oxygens (including phenoxy) is 4. The largest absolute Gasteiger partial charge is 0.473 e. The molecule has 12 heteroatoms. The maximum Gasteiger partial charge on any atom is 0.331 e. The Bertz CT molecular complexity index is 1330. The molecule has 0 saturated heterocycles. The number of hydrogen-bond donors (Lipinski definition) is 2. The van der Waals surface area contributed by atoms with Gasteiger partial charge in [0.1, 0.15) is 12.2 Å². The molecule has 0 aliphatic rings. The molecule has 1 amide bonds. The van der Waals surface area contributed by atoms with Gasteiger partial charge in [0.2, 0.25) is 11.6 Å². The number of fused-ring (bicyclic) bond motifs is 1. The van der Waals surface area contributed by atoms with Gasteiger partial charge in [0.05, 0.1) is 32.0 Å². The van der Waals surface area contributed by atoms with Crippen LogP contribution in [0.3, 0.4) is 0 Å². The molecular formula is C25H27N5O7. The van der Waals surface area contributed by atoms with Crippen molar-refractivity contribution < 1.29 is 33.3 Å². The average Bonchev–Trinajstić information content (AvgIpc) is 3.43. The Hall–Kier alpha value is -4.63. The van der Waals surface area contributed by atoms with Crippen molar-refractivity contribution in [3.63, 3.8) is 0 Å². The molecule has 0 atom stereocenters. The van der Waals surface area contributed by atoms with Gasteiger partial charge in [-0.05, 0) is 26.0 Å². The fourth-order valence-electron chi connectivity index (χ4n) is 3.21. The molecule has 2 N–H and O–H groups in total. The van der Waals surface area contributed by atoms with Gasteiger partial charge in [-0.25, -0.2) is 14.6 Å². The molecule has 0 spiro atoms. The van der Waals surface area contributed by atoms with E-state index in [1.54, 1.807) is 38.1 Å². The van der Waals surface area contributed by atoms with Gasteiger partial charge in [-0.2, -0.15) is 0 Å². The first-order chi connectivity index (χ1) is 17.8. The number of rotatable bonds is 13. The third-order valence-corrected chi connectivity index (χ3v) is 4.86. The molecule has 194 valence electrons. The van der Waals surface area contributed by atoms with Crippen molar-refractivity contribution >= 4 is 34.9 Å². The smallest absolute Gasteiger partial charge is 0.331 e. The zero-order valence-electron chi connectivity index (χ0n) is 20.5. The van der Waals surface area contributed by atoms with Crippen molar-refractivity contribution in [2.24, 2.45) is 0 Å². The first-order valence-corrected chi connectivity index (χ1v) is 11.4. The molecule has 2 heterocycles. The second-order valence-corrected chi connectivity index (χ2v) is 7.71. The number of nitrogens with zero attached hydrogens (tertiary/aromatic N) is 3. The van der Waals surface area contributed by atoms with Crippen LogP contribution in [0.1, 0.15) is 37.0 Å². The number of esters is 2. The first-order valence-electron chi connectivity index (χ1n) is 11.4. The molecule has 2 aromatic heterocycles. The van der Waals surface area contributed by atoms with Crippen molar-refractivity contribution in [3.8, 4) is 11.4 Å². The second-order valence-electron chi connectivity index (χ2n) is 7.71. The standard InChI is InChI=1S/C25H27N5O7/c1-5-35-25(33)22-19(26-4)14-30-24(22)28-23(29-30)17-7-6-8-18(13-17)27-20(31)9-10-21(32)36-12-11-34-15-37-16(2)3/h6-8,13-14H,2,5,9-12,15H2,1,3H3,(H,27,31)(H,28,29). The van der Waals surface area contributed by atoms with Gasteiger partial charge in [-0.3, -0.25) is 19.2 Å². The lowest BCUT2D eigenvalue weighted by molar-refractivity contribution is -0.147. The van der Waals surface area contributed by atoms with Crippen LogP contribution in [-0.4, -0.2) is 59.1 Å². The Labute approximate surface area is 213 Å². The van der Waals surface area contributed by atoms with Crippen molar-refractivity contribution in [1.82, 2.24) is 14.6 Å². The topological polar surface area (TPSA) is 138 Å². The van der Waals surface area contributed by atoms with Crippen LogP contribution in [-0.2, 0) is 28.5 Å². The summed E-state index contributed by atoms with van der Waals surface area (Å²) in [7, 11) is 0. The van der Waals surface area contributed by atoms with E-state index >= 15 is 0 Å². The van der Waals surface area contributed by atoms with Crippen LogP contribution < -0.4 is 5.32 Å². The number of carbonyl (C=O) groups is 3. The van der Waals surface area contributed by atoms with Gasteiger partial charge in [0.15, 0.2) is 18.3 Å². The molecule has 0 aliphatic carbocycles. The molecule has 12 nitrogen and oxygen atoms in total. The molecule has 0 radical (unpaired) electrons. The number of allylic oxidation sites excluding steroid dienone is 1. The van der Waals surface area contributed by atoms with E-state index in [2.05, 4.69) is 26.8 Å². The summed E-state index contributed by atoms with van der Waals surface area (Å²) in [6.07, 6.45) is 1.32. The molecule has 0 saturated carbocycles. The van der Waals surface area contributed by atoms with Crippen molar-refractivity contribution in [1.29, 1.82) is 0 Å². The number of carbonyl (C=O) groups excluding carboxylic acids is 3. The zero-order chi connectivity index (χ0) is 26.8. The van der Waals surface area contributed by atoms with Crippen LogP contribution in [0.4, 0.5) is 11.4 Å². The van der Waals surface area contributed by atoms with E-state index in [-0.39, 0.29) is 62.3 Å². The van der Waals surface area contributed by atoms with Crippen LogP contribution in [0.2, 0.25) is 0 Å². The predicted molar refractivity (Wildman–Crippen MR) is 133 cm³/mol. The fraction of sp³-hybridized carbons (Fsp3) is 0.320. The third kappa shape index (κ3) is 7.42. The quantitative estimate of drug-likeness (QED) is 0.117. The number of amides is 1. The van der Waals surface area contributed by atoms with Gasteiger partial charge >= 0.3 is 11.9 Å². The molecule has 3 rings (SSSR count). The number of aromatic amines is 1. The number of nitrogens with one attached hydrogen (secondary N) is 2. The van der Waals surface area contributed by atoms with Gasteiger partial charge in [0, 0.05) is 23.9 Å². The monoisotopic (exact) mass is 509 g/mol. The van der Waals surface area contributed by atoms with E-state index in [9.17, 15) is 14.4 Å². The molecule has 0 aliphatic heterocycles. The molecule has 0 unspecified atom stereocenters. The summed E-state index contributed by atoms with van der Waals surface area (Å²) in [5.74, 6) is -0.560. The van der Waals surface area contributed by atoms with Crippen LogP contribution in [0, 0.1) is 6.57 Å². The van der Waals surface area contributed by atoms with E-state index in [0.29, 0.717) is 22.8 Å². The lowest BCUT2D eigenvalue weighted by Gasteiger charge is -2.08. The summed E-state index contributed by atoms with van der Waals surface area (Å²) in [6.45, 7) is 14.7. The zero-order valence-corrected chi connectivity index (χ0v) is 20.5. The fourth-order valence-corrected chi connectivity index (χ4v) is 3.21. The highest BCUT2D eigenvalue weighted by atomic mass is 16.7. The lowest BCUT2D eigenvalue weighted by atomic mass is 10.2. The van der Waals surface area contributed by atoms with Gasteiger partial charge in [0.25, 0.3) is 0 Å². The van der Waals surface area contributed by atoms with Crippen molar-refractivity contribution in [2.45, 2.75) is 26.7 Å². The minimum atomic E-state index is -0.627. The van der Waals surface area contributed by atoms with Gasteiger partial charge in [-0.1, -0.05) is 18.7 Å². The highest BCUT2D eigenvalue weighted by Gasteiger charge is 2.22. The highest BCUT2D eigenvalue weighted by molar-refractivity contribution is 6.03. The molecule has 37 heavy (non-hydrogen) atoms. The maximum absolute atomic E-state index is 12.3. The Kier molecular flexibility index (Phi) is 9.40. The van der Waals surface area contributed by atoms with Crippen LogP contribution in [0.5, 0.6) is 0 Å². The minimum Gasteiger partial charge on any atom is -0.473 e. The average molecular weight is 510 g/mol. The number of anilines is 1. The Morgan fingerprint density at radius 3 is 2.73 bits per heavy atom. The van der Waals surface area contributed by atoms with Crippen molar-refractivity contribution in [2.75, 3.05) is 31.9 Å². The molecule has 0 bridgehead atoms. The molecular weight excluding hydrogens is 482 g/mol. The predicted octanol–water partition coefficient (Wildman–Crippen LogP) is 3.84. The Morgan fingerprint density at radius 2 is 2.00 bits per heavy atom. The number of H-pyrrole nitrogens is 1. The summed E-state index contributed by atoms with van der Waals surface area (Å²) in [5.41, 5.74) is 1.61. The maximum atomic E-state index is 12.3. The number of aromatic nitrogens is 3. The summed E-state index contributed by atoms with van der Waals surface area (Å²) >= 11 is 0. The lowest BCUT2D eigenvalue weighted by Crippen LogP contribution is -2.16. The van der Waals surface area contributed by atoms with E-state index < -0.39 is 11.9 Å². The Morgan fingerprint density at radius 1 is 1.19 bits per heavy atom. The van der Waals surface area contributed by atoms with Gasteiger partial charge < -0.3 is 24.3 Å². The van der Waals surface area contributed by atoms with E-state index in [1.807, 2.05) is 0 Å². The van der Waals surface area contributed by atoms with E-state index in [4.69, 9.17) is 25.5 Å². The highest BCUT2D eigenvalue weighted by Crippen LogP contribution is 2.29.